The van der Waals surface area contributed by atoms with Gasteiger partial charge in [0.05, 0.1) is 12.5 Å². The minimum atomic E-state index is -1.59. The lowest BCUT2D eigenvalue weighted by atomic mass is 9.79. The summed E-state index contributed by atoms with van der Waals surface area (Å²) in [5, 5.41) is 22.5. The molecule has 0 saturated carbocycles. The molecule has 2 N–H and O–H groups in total. The lowest BCUT2D eigenvalue weighted by Gasteiger charge is -2.42. The van der Waals surface area contributed by atoms with Crippen LogP contribution < -0.4 is 9.47 Å². The molecule has 200 valence electrons. The Bertz CT molecular complexity index is 1420. The van der Waals surface area contributed by atoms with Gasteiger partial charge in [0.2, 0.25) is 0 Å². The van der Waals surface area contributed by atoms with Crippen molar-refractivity contribution in [3.8, 4) is 17.2 Å². The number of Topliss-reactive ketones (excluding diaryl/α,β-unsaturated/α-hetero) is 1. The first kappa shape index (κ1) is 25.3. The second-order valence-electron chi connectivity index (χ2n) is 10.5. The number of benzene rings is 3. The van der Waals surface area contributed by atoms with Crippen LogP contribution in [0.2, 0.25) is 0 Å². The van der Waals surface area contributed by atoms with Crippen LogP contribution in [0.25, 0.3) is 6.08 Å². The van der Waals surface area contributed by atoms with Gasteiger partial charge >= 0.3 is 5.97 Å². The summed E-state index contributed by atoms with van der Waals surface area (Å²) in [6, 6.07) is 20.4. The predicted molar refractivity (Wildman–Crippen MR) is 144 cm³/mol. The number of hydrogen-bond donors (Lipinski definition) is 2. The van der Waals surface area contributed by atoms with Gasteiger partial charge < -0.3 is 24.4 Å². The van der Waals surface area contributed by atoms with E-state index in [1.165, 1.54) is 6.07 Å². The molecular weight excluding hydrogens is 496 g/mol. The smallest absolute Gasteiger partial charge is 0.311 e. The molecule has 3 aromatic carbocycles. The predicted octanol–water partition coefficient (Wildman–Crippen LogP) is 5.85. The van der Waals surface area contributed by atoms with Gasteiger partial charge in [0.15, 0.2) is 11.6 Å². The van der Waals surface area contributed by atoms with Gasteiger partial charge in [-0.3, -0.25) is 9.59 Å². The van der Waals surface area contributed by atoms with Crippen LogP contribution in [0.1, 0.15) is 77.6 Å². The zero-order chi connectivity index (χ0) is 27.0. The Labute approximate surface area is 226 Å². The maximum Gasteiger partial charge on any atom is 0.311 e. The normalized spacial score (nSPS) is 26.7. The summed E-state index contributed by atoms with van der Waals surface area (Å²) in [6.07, 6.45) is 4.61. The van der Waals surface area contributed by atoms with Gasteiger partial charge in [-0.2, -0.15) is 0 Å². The van der Waals surface area contributed by atoms with Crippen LogP contribution in [-0.2, 0) is 9.53 Å². The Kier molecular flexibility index (Phi) is 6.71. The number of ether oxygens (including phenoxy) is 3. The maximum atomic E-state index is 13.3. The highest BCUT2D eigenvalue weighted by Gasteiger charge is 2.44. The van der Waals surface area contributed by atoms with Gasteiger partial charge in [-0.15, -0.1) is 0 Å². The molecule has 6 rings (SSSR count). The van der Waals surface area contributed by atoms with Crippen molar-refractivity contribution in [3.05, 3.63) is 95.1 Å². The summed E-state index contributed by atoms with van der Waals surface area (Å²) in [4.78, 5) is 26.0. The fourth-order valence-electron chi connectivity index (χ4n) is 5.89. The first-order chi connectivity index (χ1) is 18.9. The molecule has 3 heterocycles. The van der Waals surface area contributed by atoms with Crippen LogP contribution >= 0.6 is 0 Å². The van der Waals surface area contributed by atoms with Crippen LogP contribution in [0.15, 0.2) is 72.8 Å². The molecule has 7 nitrogen and oxygen atoms in total. The number of aliphatic hydroxyl groups is 1. The van der Waals surface area contributed by atoms with Crippen LogP contribution in [0.4, 0.5) is 0 Å². The summed E-state index contributed by atoms with van der Waals surface area (Å²) in [5.74, 6) is -2.57. The average molecular weight is 527 g/mol. The van der Waals surface area contributed by atoms with Gasteiger partial charge in [-0.05, 0) is 42.4 Å². The lowest BCUT2D eigenvalue weighted by Crippen LogP contribution is -2.42. The summed E-state index contributed by atoms with van der Waals surface area (Å²) in [6.45, 7) is 0. The zero-order valence-corrected chi connectivity index (χ0v) is 21.4. The van der Waals surface area contributed by atoms with Gasteiger partial charge in [0.1, 0.15) is 28.9 Å². The third kappa shape index (κ3) is 5.20. The molecule has 0 radical (unpaired) electrons. The number of aromatic hydroxyl groups is 1. The van der Waals surface area contributed by atoms with Crippen molar-refractivity contribution in [2.75, 3.05) is 0 Å². The standard InChI is InChI=1S/C32H30O7/c33-24-17-26(21-10-5-2-6-11-21)38-31-29-22-16-23(12-7-13-28(35)37-27(29)18-25(34)30(24)31)39-32(36,19-22)15-14-20-8-3-1-4-9-20/h1-6,8-11,14-15,18,22-23,26,34,36H,7,12-13,16-17,19H2/b15-14-/t22-,23-,26+,32+/m1/s1. The molecule has 4 atom stereocenters. The SMILES string of the molecule is O=C1CCC[C@@H]2C[C@H](C[C@](O)(/C=C\c3ccccc3)O2)c2c(cc(O)c3c2O[C@H](c2ccccc2)CC3=O)O1. The van der Waals surface area contributed by atoms with Crippen molar-refractivity contribution in [1.82, 2.24) is 0 Å². The van der Waals surface area contributed by atoms with E-state index in [1.807, 2.05) is 66.7 Å². The number of fused-ring (bicyclic) bond motifs is 6. The number of esters is 1. The monoisotopic (exact) mass is 526 g/mol. The first-order valence-electron chi connectivity index (χ1n) is 13.4. The van der Waals surface area contributed by atoms with Gasteiger partial charge in [0.25, 0.3) is 0 Å². The highest BCUT2D eigenvalue weighted by Crippen LogP contribution is 2.53. The third-order valence-corrected chi connectivity index (χ3v) is 7.67. The minimum absolute atomic E-state index is 0.0727. The molecule has 1 fully saturated rings. The topological polar surface area (TPSA) is 102 Å². The van der Waals surface area contributed by atoms with Crippen LogP contribution in [0.3, 0.4) is 0 Å². The molecule has 3 aliphatic heterocycles. The van der Waals surface area contributed by atoms with E-state index in [4.69, 9.17) is 14.2 Å². The quantitative estimate of drug-likeness (QED) is 0.326. The zero-order valence-electron chi connectivity index (χ0n) is 21.4. The van der Waals surface area contributed by atoms with E-state index < -0.39 is 17.9 Å². The van der Waals surface area contributed by atoms with Crippen molar-refractivity contribution < 1.29 is 34.0 Å². The minimum Gasteiger partial charge on any atom is -0.507 e. The Morgan fingerprint density at radius 3 is 2.51 bits per heavy atom. The van der Waals surface area contributed by atoms with Gasteiger partial charge in [-0.1, -0.05) is 66.7 Å². The van der Waals surface area contributed by atoms with Gasteiger partial charge in [0, 0.05) is 24.5 Å². The number of hydrogen-bond acceptors (Lipinski definition) is 7. The number of rotatable bonds is 3. The number of carbonyl (C=O) groups excluding carboxylic acids is 2. The molecular formula is C32H30O7. The molecule has 0 unspecified atom stereocenters. The fraction of sp³-hybridized carbons (Fsp3) is 0.312. The second-order valence-corrected chi connectivity index (χ2v) is 10.5. The van der Waals surface area contributed by atoms with Crippen LogP contribution in [0.5, 0.6) is 17.2 Å². The Hall–Kier alpha value is -3.94. The molecule has 0 amide bonds. The summed E-state index contributed by atoms with van der Waals surface area (Å²) >= 11 is 0. The lowest BCUT2D eigenvalue weighted by molar-refractivity contribution is -0.227. The molecule has 7 heteroatoms. The first-order valence-corrected chi connectivity index (χ1v) is 13.4. The maximum absolute atomic E-state index is 13.3. The second kappa shape index (κ2) is 10.3. The van der Waals surface area contributed by atoms with E-state index in [-0.39, 0.29) is 59.9 Å². The Balaban J connectivity index is 1.45. The highest BCUT2D eigenvalue weighted by atomic mass is 16.6. The van der Waals surface area contributed by atoms with Gasteiger partial charge in [-0.25, -0.2) is 0 Å². The van der Waals surface area contributed by atoms with E-state index in [1.54, 1.807) is 6.08 Å². The molecule has 2 bridgehead atoms. The van der Waals surface area contributed by atoms with E-state index in [2.05, 4.69) is 0 Å². The van der Waals surface area contributed by atoms with Crippen molar-refractivity contribution in [2.24, 2.45) is 0 Å². The van der Waals surface area contributed by atoms with Crippen LogP contribution in [0, 0.1) is 0 Å². The van der Waals surface area contributed by atoms with Crippen molar-refractivity contribution in [3.63, 3.8) is 0 Å². The van der Waals surface area contributed by atoms with Crippen molar-refractivity contribution in [1.29, 1.82) is 0 Å². The summed E-state index contributed by atoms with van der Waals surface area (Å²) < 4.78 is 18.4. The fourth-order valence-corrected chi connectivity index (χ4v) is 5.89. The van der Waals surface area contributed by atoms with E-state index in [9.17, 15) is 19.8 Å². The Morgan fingerprint density at radius 1 is 1.00 bits per heavy atom. The average Bonchev–Trinajstić information content (AvgIpc) is 2.92. The highest BCUT2D eigenvalue weighted by molar-refractivity contribution is 6.03. The number of ketones is 1. The Morgan fingerprint density at radius 2 is 1.74 bits per heavy atom. The van der Waals surface area contributed by atoms with Crippen molar-refractivity contribution >= 4 is 17.8 Å². The molecule has 3 aliphatic rings. The van der Waals surface area contributed by atoms with Crippen LogP contribution in [-0.4, -0.2) is 33.9 Å². The number of carbonyl (C=O) groups is 2. The number of phenols is 1. The molecule has 0 spiro atoms. The molecule has 0 aromatic heterocycles. The van der Waals surface area contributed by atoms with E-state index >= 15 is 0 Å². The third-order valence-electron chi connectivity index (χ3n) is 7.67. The molecule has 3 aromatic rings. The van der Waals surface area contributed by atoms with E-state index in [0.717, 1.165) is 11.1 Å². The number of phenolic OH excluding ortho intramolecular Hbond substituents is 1. The largest absolute Gasteiger partial charge is 0.507 e. The molecule has 39 heavy (non-hydrogen) atoms. The summed E-state index contributed by atoms with van der Waals surface area (Å²) in [7, 11) is 0. The van der Waals surface area contributed by atoms with E-state index in [0.29, 0.717) is 24.8 Å². The molecule has 0 aliphatic carbocycles. The summed E-state index contributed by atoms with van der Waals surface area (Å²) in [5.41, 5.74) is 2.34. The molecule has 1 saturated heterocycles. The van der Waals surface area contributed by atoms with Crippen molar-refractivity contribution in [2.45, 2.75) is 62.4 Å².